The largest absolute Gasteiger partial charge is 0.384 e. The number of aromatic nitrogens is 5. The molecular weight excluding hydrogens is 434 g/mol. The summed E-state index contributed by atoms with van der Waals surface area (Å²) in [5.74, 6) is -0.402. The predicted octanol–water partition coefficient (Wildman–Crippen LogP) is -1.13. The molecule has 0 spiro atoms. The normalized spacial score (nSPS) is 13.3. The van der Waals surface area contributed by atoms with E-state index in [1.54, 1.807) is 13.0 Å². The van der Waals surface area contributed by atoms with Gasteiger partial charge < -0.3 is 11.5 Å². The molecule has 1 atom stereocenters. The fraction of sp³-hybridized carbons (Fsp3) is 0.200. The standard InChI is InChI=1S/C15H19N9O4S2/c1-7(5-16)9-4-10(29(18,25)26)14(30(19,27)28)13(15-21-23-24-22-15)12(9)8-2-3-11(17)20-6-8/h2-4,6-7H,5,16H2,1H3,(H2,17,20)(H2,18,25,26)(H2,19,27,28)(H,21,22,23,24). The molecule has 160 valence electrons. The van der Waals surface area contributed by atoms with E-state index >= 15 is 0 Å². The number of anilines is 1. The Morgan fingerprint density at radius 1 is 1.10 bits per heavy atom. The van der Waals surface area contributed by atoms with Gasteiger partial charge in [-0.05, 0) is 47.0 Å². The Morgan fingerprint density at radius 3 is 2.27 bits per heavy atom. The summed E-state index contributed by atoms with van der Waals surface area (Å²) in [6.07, 6.45) is 1.39. The van der Waals surface area contributed by atoms with Crippen LogP contribution in [0.5, 0.6) is 0 Å². The van der Waals surface area contributed by atoms with Gasteiger partial charge in [0, 0.05) is 11.8 Å². The van der Waals surface area contributed by atoms with Gasteiger partial charge in [0.2, 0.25) is 25.9 Å². The van der Waals surface area contributed by atoms with Gasteiger partial charge in [-0.2, -0.15) is 5.21 Å². The number of nitrogens with zero attached hydrogens (tertiary/aromatic N) is 4. The summed E-state index contributed by atoms with van der Waals surface area (Å²) in [5.41, 5.74) is 12.3. The molecule has 3 rings (SSSR count). The summed E-state index contributed by atoms with van der Waals surface area (Å²) >= 11 is 0. The number of nitrogens with one attached hydrogen (secondary N) is 1. The summed E-state index contributed by atoms with van der Waals surface area (Å²) in [6.45, 7) is 1.84. The molecule has 3 aromatic rings. The minimum absolute atomic E-state index is 0.111. The lowest BCUT2D eigenvalue weighted by atomic mass is 9.88. The van der Waals surface area contributed by atoms with E-state index in [-0.39, 0.29) is 29.3 Å². The van der Waals surface area contributed by atoms with Crippen LogP contribution in [0, 0.1) is 0 Å². The van der Waals surface area contributed by atoms with Crippen LogP contribution in [0.4, 0.5) is 5.82 Å². The van der Waals surface area contributed by atoms with Gasteiger partial charge in [-0.15, -0.1) is 10.2 Å². The van der Waals surface area contributed by atoms with Crippen LogP contribution in [0.15, 0.2) is 34.2 Å². The van der Waals surface area contributed by atoms with Gasteiger partial charge in [0.05, 0.1) is 5.56 Å². The molecular formula is C15H19N9O4S2. The first-order valence-corrected chi connectivity index (χ1v) is 11.5. The van der Waals surface area contributed by atoms with Gasteiger partial charge in [-0.3, -0.25) is 0 Å². The minimum atomic E-state index is -4.62. The van der Waals surface area contributed by atoms with E-state index in [9.17, 15) is 16.8 Å². The Balaban J connectivity index is 2.65. The number of nitrogen functional groups attached to an aromatic ring is 1. The summed E-state index contributed by atoms with van der Waals surface area (Å²) in [7, 11) is -9.14. The first-order valence-electron chi connectivity index (χ1n) is 8.37. The second-order valence-electron chi connectivity index (χ2n) is 6.48. The van der Waals surface area contributed by atoms with Crippen molar-refractivity contribution in [2.45, 2.75) is 22.6 Å². The average molecular weight is 454 g/mol. The third-order valence-electron chi connectivity index (χ3n) is 4.40. The number of nitrogens with two attached hydrogens (primary N) is 4. The summed E-state index contributed by atoms with van der Waals surface area (Å²) in [5, 5.41) is 24.0. The maximum atomic E-state index is 12.5. The molecule has 0 saturated carbocycles. The number of benzene rings is 1. The molecule has 0 aliphatic carbocycles. The van der Waals surface area contributed by atoms with E-state index < -0.39 is 35.8 Å². The fourth-order valence-electron chi connectivity index (χ4n) is 3.01. The smallest absolute Gasteiger partial charge is 0.240 e. The van der Waals surface area contributed by atoms with Crippen molar-refractivity contribution in [3.8, 4) is 22.5 Å². The summed E-state index contributed by atoms with van der Waals surface area (Å²) in [4.78, 5) is 2.57. The maximum absolute atomic E-state index is 12.5. The number of hydrogen-bond acceptors (Lipinski definition) is 10. The molecule has 30 heavy (non-hydrogen) atoms. The molecule has 0 radical (unpaired) electrons. The van der Waals surface area contributed by atoms with Crippen LogP contribution in [-0.4, -0.2) is 49.0 Å². The number of primary sulfonamides is 2. The molecule has 13 nitrogen and oxygen atoms in total. The van der Waals surface area contributed by atoms with Crippen molar-refractivity contribution in [1.82, 2.24) is 25.6 Å². The lowest BCUT2D eigenvalue weighted by molar-refractivity contribution is 0.584. The molecule has 0 amide bonds. The zero-order valence-corrected chi connectivity index (χ0v) is 17.3. The molecule has 0 aliphatic heterocycles. The fourth-order valence-corrected chi connectivity index (χ4v) is 5.18. The third kappa shape index (κ3) is 4.01. The Labute approximate surface area is 172 Å². The highest BCUT2D eigenvalue weighted by Gasteiger charge is 2.33. The van der Waals surface area contributed by atoms with Gasteiger partial charge >= 0.3 is 0 Å². The predicted molar refractivity (Wildman–Crippen MR) is 107 cm³/mol. The van der Waals surface area contributed by atoms with Crippen LogP contribution < -0.4 is 21.7 Å². The molecule has 15 heteroatoms. The van der Waals surface area contributed by atoms with Gasteiger partial charge in [0.15, 0.2) is 0 Å². The van der Waals surface area contributed by atoms with Crippen LogP contribution >= 0.6 is 0 Å². The van der Waals surface area contributed by atoms with E-state index in [4.69, 9.17) is 21.7 Å². The molecule has 2 aromatic heterocycles. The molecule has 0 fully saturated rings. The second kappa shape index (κ2) is 7.69. The SMILES string of the molecule is CC(CN)c1cc(S(N)(=O)=O)c(S(N)(=O)=O)c(-c2nn[nH]n2)c1-c1ccc(N)nc1. The minimum Gasteiger partial charge on any atom is -0.384 e. The van der Waals surface area contributed by atoms with Gasteiger partial charge in [0.1, 0.15) is 15.6 Å². The van der Waals surface area contributed by atoms with E-state index in [0.717, 1.165) is 6.07 Å². The Hall–Kier alpha value is -2.98. The van der Waals surface area contributed by atoms with Crippen LogP contribution in [-0.2, 0) is 20.0 Å². The number of rotatable bonds is 6. The number of hydrogen-bond donors (Lipinski definition) is 5. The number of H-pyrrole nitrogens is 1. The highest BCUT2D eigenvalue weighted by atomic mass is 32.2. The first-order chi connectivity index (χ1) is 13.9. The van der Waals surface area contributed by atoms with Crippen LogP contribution in [0.1, 0.15) is 18.4 Å². The number of pyridine rings is 1. The molecule has 1 unspecified atom stereocenters. The summed E-state index contributed by atoms with van der Waals surface area (Å²) < 4.78 is 49.7. The van der Waals surface area contributed by atoms with Gasteiger partial charge in [-0.25, -0.2) is 32.1 Å². The van der Waals surface area contributed by atoms with Crippen molar-refractivity contribution in [1.29, 1.82) is 0 Å². The lowest BCUT2D eigenvalue weighted by Crippen LogP contribution is -2.24. The number of sulfonamides is 2. The molecule has 9 N–H and O–H groups in total. The average Bonchev–Trinajstić information content (AvgIpc) is 3.19. The molecule has 1 aromatic carbocycles. The zero-order valence-electron chi connectivity index (χ0n) is 15.6. The van der Waals surface area contributed by atoms with Crippen molar-refractivity contribution in [2.24, 2.45) is 16.0 Å². The van der Waals surface area contributed by atoms with Gasteiger partial charge in [0.25, 0.3) is 0 Å². The number of tetrazole rings is 1. The van der Waals surface area contributed by atoms with Crippen LogP contribution in [0.25, 0.3) is 22.5 Å². The van der Waals surface area contributed by atoms with Crippen molar-refractivity contribution in [2.75, 3.05) is 12.3 Å². The topological polar surface area (TPSA) is 240 Å². The Bertz CT molecular complexity index is 1290. The van der Waals surface area contributed by atoms with Crippen molar-refractivity contribution in [3.05, 3.63) is 30.0 Å². The van der Waals surface area contributed by atoms with E-state index in [1.807, 2.05) is 0 Å². The van der Waals surface area contributed by atoms with Crippen molar-refractivity contribution < 1.29 is 16.8 Å². The molecule has 0 bridgehead atoms. The third-order valence-corrected chi connectivity index (χ3v) is 6.45. The quantitative estimate of drug-likeness (QED) is 0.300. The highest BCUT2D eigenvalue weighted by molar-refractivity contribution is 7.92. The molecule has 2 heterocycles. The van der Waals surface area contributed by atoms with Gasteiger partial charge in [-0.1, -0.05) is 6.92 Å². The number of aromatic amines is 1. The van der Waals surface area contributed by atoms with Crippen molar-refractivity contribution >= 4 is 25.9 Å². The lowest BCUT2D eigenvalue weighted by Gasteiger charge is -2.22. The van der Waals surface area contributed by atoms with E-state index in [2.05, 4.69) is 25.6 Å². The summed E-state index contributed by atoms with van der Waals surface area (Å²) in [6, 6.07) is 4.22. The van der Waals surface area contributed by atoms with Crippen molar-refractivity contribution in [3.63, 3.8) is 0 Å². The zero-order chi connectivity index (χ0) is 22.3. The first kappa shape index (κ1) is 21.7. The second-order valence-corrected chi connectivity index (χ2v) is 9.51. The van der Waals surface area contributed by atoms with Crippen LogP contribution in [0.3, 0.4) is 0 Å². The van der Waals surface area contributed by atoms with E-state index in [1.165, 1.54) is 12.3 Å². The highest BCUT2D eigenvalue weighted by Crippen LogP contribution is 2.43. The maximum Gasteiger partial charge on any atom is 0.240 e. The Morgan fingerprint density at radius 2 is 1.80 bits per heavy atom. The van der Waals surface area contributed by atoms with Crippen LogP contribution in [0.2, 0.25) is 0 Å². The van der Waals surface area contributed by atoms with E-state index in [0.29, 0.717) is 11.1 Å². The molecule has 0 aliphatic rings. The Kier molecular flexibility index (Phi) is 5.57. The monoisotopic (exact) mass is 453 g/mol. The molecule has 0 saturated heterocycles.